The molecule has 0 atom stereocenters. The maximum atomic E-state index is 11.2. The molecule has 0 saturated carbocycles. The molecule has 5 nitrogen and oxygen atoms in total. The van der Waals surface area contributed by atoms with Crippen LogP contribution in [-0.4, -0.2) is 17.8 Å². The molecule has 2 N–H and O–H groups in total. The number of hydrogen-bond donors (Lipinski definition) is 2. The van der Waals surface area contributed by atoms with Crippen LogP contribution in [0.2, 0.25) is 0 Å². The zero-order valence-electron chi connectivity index (χ0n) is 8.09. The highest BCUT2D eigenvalue weighted by atomic mass is 16.2. The van der Waals surface area contributed by atoms with Gasteiger partial charge in [-0.15, -0.1) is 0 Å². The molecule has 1 rings (SSSR count). The Morgan fingerprint density at radius 1 is 1.21 bits per heavy atom. The van der Waals surface area contributed by atoms with Gasteiger partial charge in [0.15, 0.2) is 0 Å². The van der Waals surface area contributed by atoms with E-state index in [2.05, 4.69) is 0 Å². The van der Waals surface area contributed by atoms with Crippen LogP contribution in [0.25, 0.3) is 0 Å². The van der Waals surface area contributed by atoms with Crippen LogP contribution in [-0.2, 0) is 9.59 Å². The van der Waals surface area contributed by atoms with E-state index in [0.29, 0.717) is 6.42 Å². The summed E-state index contributed by atoms with van der Waals surface area (Å²) in [6, 6.07) is -0.742. The summed E-state index contributed by atoms with van der Waals surface area (Å²) in [5.74, 6) is -1.85. The lowest BCUT2D eigenvalue weighted by atomic mass is 10.0. The summed E-state index contributed by atoms with van der Waals surface area (Å²) in [6.45, 7) is 3.76. The van der Waals surface area contributed by atoms with Crippen LogP contribution in [0.1, 0.15) is 20.3 Å². The number of nitrogens with one attached hydrogen (secondary N) is 2. The van der Waals surface area contributed by atoms with E-state index in [4.69, 9.17) is 0 Å². The first-order chi connectivity index (χ1) is 6.50. The molecule has 1 saturated heterocycles. The van der Waals surface area contributed by atoms with Gasteiger partial charge in [-0.2, -0.15) is 0 Å². The molecule has 1 aliphatic heterocycles. The van der Waals surface area contributed by atoms with Crippen molar-refractivity contribution in [3.8, 4) is 0 Å². The van der Waals surface area contributed by atoms with Crippen molar-refractivity contribution in [1.82, 2.24) is 10.6 Å². The van der Waals surface area contributed by atoms with E-state index in [9.17, 15) is 14.4 Å². The largest absolute Gasteiger partial charge is 0.328 e. The SMILES string of the molecule is CC(C)=CCC1C(=O)NC(=O)NC1=O. The van der Waals surface area contributed by atoms with Crippen molar-refractivity contribution >= 4 is 17.8 Å². The minimum atomic E-state index is -0.789. The Kier molecular flexibility index (Phi) is 3.01. The lowest BCUT2D eigenvalue weighted by molar-refractivity contribution is -0.135. The molecular weight excluding hydrogens is 184 g/mol. The number of carbonyl (C=O) groups excluding carboxylic acids is 3. The van der Waals surface area contributed by atoms with Gasteiger partial charge in [0, 0.05) is 0 Å². The van der Waals surface area contributed by atoms with E-state index in [-0.39, 0.29) is 0 Å². The number of hydrogen-bond acceptors (Lipinski definition) is 3. The van der Waals surface area contributed by atoms with Gasteiger partial charge in [-0.1, -0.05) is 11.6 Å². The molecule has 1 heterocycles. The predicted octanol–water partition coefficient (Wildman–Crippen LogP) is 0.325. The van der Waals surface area contributed by atoms with Crippen LogP contribution >= 0.6 is 0 Å². The van der Waals surface area contributed by atoms with Crippen LogP contribution in [0.5, 0.6) is 0 Å². The highest BCUT2D eigenvalue weighted by molar-refractivity contribution is 6.16. The molecule has 0 unspecified atom stereocenters. The first-order valence-corrected chi connectivity index (χ1v) is 4.29. The standard InChI is InChI=1S/C9H12N2O3/c1-5(2)3-4-6-7(12)10-9(14)11-8(6)13/h3,6H,4H2,1-2H3,(H2,10,11,12,13,14). The van der Waals surface area contributed by atoms with Crippen molar-refractivity contribution < 1.29 is 14.4 Å². The van der Waals surface area contributed by atoms with E-state index < -0.39 is 23.8 Å². The van der Waals surface area contributed by atoms with Crippen molar-refractivity contribution in [3.05, 3.63) is 11.6 Å². The molecule has 76 valence electrons. The fraction of sp³-hybridized carbons (Fsp3) is 0.444. The number of barbiturate groups is 1. The second-order valence-electron chi connectivity index (χ2n) is 3.38. The number of allylic oxidation sites excluding steroid dienone is 2. The van der Waals surface area contributed by atoms with E-state index in [1.54, 1.807) is 6.08 Å². The third-order valence-corrected chi connectivity index (χ3v) is 1.87. The fourth-order valence-corrected chi connectivity index (χ4v) is 1.12. The minimum Gasteiger partial charge on any atom is -0.277 e. The highest BCUT2D eigenvalue weighted by Crippen LogP contribution is 2.09. The fourth-order valence-electron chi connectivity index (χ4n) is 1.12. The van der Waals surface area contributed by atoms with E-state index in [1.807, 2.05) is 24.5 Å². The summed E-state index contributed by atoms with van der Waals surface area (Å²) in [7, 11) is 0. The minimum absolute atomic E-state index is 0.327. The summed E-state index contributed by atoms with van der Waals surface area (Å²) in [6.07, 6.45) is 2.12. The van der Waals surface area contributed by atoms with Crippen molar-refractivity contribution in [3.63, 3.8) is 0 Å². The molecule has 0 spiro atoms. The molecule has 0 aliphatic carbocycles. The van der Waals surface area contributed by atoms with Crippen LogP contribution in [0.15, 0.2) is 11.6 Å². The predicted molar refractivity (Wildman–Crippen MR) is 49.2 cm³/mol. The Labute approximate surface area is 81.5 Å². The quantitative estimate of drug-likeness (QED) is 0.493. The first-order valence-electron chi connectivity index (χ1n) is 4.29. The zero-order chi connectivity index (χ0) is 10.7. The van der Waals surface area contributed by atoms with E-state index in [1.165, 1.54) is 0 Å². The summed E-state index contributed by atoms with van der Waals surface area (Å²) < 4.78 is 0. The summed E-state index contributed by atoms with van der Waals surface area (Å²) in [5, 5.41) is 4.09. The molecule has 0 aromatic carbocycles. The van der Waals surface area contributed by atoms with Gasteiger partial charge in [0.05, 0.1) is 0 Å². The maximum Gasteiger partial charge on any atom is 0.328 e. The molecule has 0 aromatic rings. The average Bonchev–Trinajstić information content (AvgIpc) is 2.01. The Bertz CT molecular complexity index is 296. The zero-order valence-corrected chi connectivity index (χ0v) is 8.09. The Morgan fingerprint density at radius 2 is 1.71 bits per heavy atom. The monoisotopic (exact) mass is 196 g/mol. The van der Waals surface area contributed by atoms with Crippen LogP contribution < -0.4 is 10.6 Å². The lowest BCUT2D eigenvalue weighted by Crippen LogP contribution is -2.55. The molecule has 1 aliphatic rings. The van der Waals surface area contributed by atoms with Crippen molar-refractivity contribution in [1.29, 1.82) is 0 Å². The molecule has 0 bridgehead atoms. The van der Waals surface area contributed by atoms with Crippen LogP contribution in [0, 0.1) is 5.92 Å². The van der Waals surface area contributed by atoms with Gasteiger partial charge in [0.1, 0.15) is 5.92 Å². The van der Waals surface area contributed by atoms with Gasteiger partial charge < -0.3 is 0 Å². The van der Waals surface area contributed by atoms with Gasteiger partial charge in [-0.25, -0.2) is 4.79 Å². The summed E-state index contributed by atoms with van der Waals surface area (Å²) in [5.41, 5.74) is 1.03. The number of rotatable bonds is 2. The topological polar surface area (TPSA) is 75.3 Å². The van der Waals surface area contributed by atoms with Gasteiger partial charge in [-0.3, -0.25) is 20.2 Å². The van der Waals surface area contributed by atoms with Crippen molar-refractivity contribution in [2.24, 2.45) is 5.92 Å². The number of urea groups is 1. The maximum absolute atomic E-state index is 11.2. The van der Waals surface area contributed by atoms with Crippen molar-refractivity contribution in [2.75, 3.05) is 0 Å². The normalized spacial score (nSPS) is 17.4. The summed E-state index contributed by atoms with van der Waals surface area (Å²) >= 11 is 0. The van der Waals surface area contributed by atoms with Crippen molar-refractivity contribution in [2.45, 2.75) is 20.3 Å². The molecule has 4 amide bonds. The average molecular weight is 196 g/mol. The smallest absolute Gasteiger partial charge is 0.277 e. The lowest BCUT2D eigenvalue weighted by Gasteiger charge is -2.19. The van der Waals surface area contributed by atoms with Gasteiger partial charge in [0.2, 0.25) is 11.8 Å². The molecule has 5 heteroatoms. The molecule has 1 fully saturated rings. The molecule has 14 heavy (non-hydrogen) atoms. The third-order valence-electron chi connectivity index (χ3n) is 1.87. The second-order valence-corrected chi connectivity index (χ2v) is 3.38. The van der Waals surface area contributed by atoms with Gasteiger partial charge in [-0.05, 0) is 20.3 Å². The Hall–Kier alpha value is -1.65. The van der Waals surface area contributed by atoms with Crippen LogP contribution in [0.3, 0.4) is 0 Å². The van der Waals surface area contributed by atoms with Crippen LogP contribution in [0.4, 0.5) is 4.79 Å². The third kappa shape index (κ3) is 2.42. The molecular formula is C9H12N2O3. The van der Waals surface area contributed by atoms with Gasteiger partial charge >= 0.3 is 6.03 Å². The number of amides is 4. The second kappa shape index (κ2) is 4.04. The van der Waals surface area contributed by atoms with Gasteiger partial charge in [0.25, 0.3) is 0 Å². The summed E-state index contributed by atoms with van der Waals surface area (Å²) in [4.78, 5) is 33.1. The van der Waals surface area contributed by atoms with E-state index in [0.717, 1.165) is 5.57 Å². The number of carbonyl (C=O) groups is 3. The van der Waals surface area contributed by atoms with E-state index >= 15 is 0 Å². The molecule has 0 radical (unpaired) electrons. The Morgan fingerprint density at radius 3 is 2.14 bits per heavy atom. The number of imide groups is 2. The Balaban J connectivity index is 2.68. The molecule has 0 aromatic heterocycles. The first kappa shape index (κ1) is 10.4. The highest BCUT2D eigenvalue weighted by Gasteiger charge is 2.32.